The second kappa shape index (κ2) is 4.90. The molecule has 5 nitrogen and oxygen atoms in total. The Kier molecular flexibility index (Phi) is 3.32. The molecule has 0 spiro atoms. The van der Waals surface area contributed by atoms with Crippen molar-refractivity contribution in [3.63, 3.8) is 0 Å². The van der Waals surface area contributed by atoms with E-state index in [1.807, 2.05) is 6.92 Å². The van der Waals surface area contributed by atoms with Crippen molar-refractivity contribution in [1.82, 2.24) is 15.1 Å². The number of anilines is 1. The number of halogens is 1. The van der Waals surface area contributed by atoms with Crippen molar-refractivity contribution >= 4 is 5.82 Å². The van der Waals surface area contributed by atoms with E-state index in [1.165, 1.54) is 6.33 Å². The summed E-state index contributed by atoms with van der Waals surface area (Å²) in [5.74, 6) is 0.518. The van der Waals surface area contributed by atoms with Crippen LogP contribution >= 0.6 is 0 Å². The Bertz CT molecular complexity index is 512. The van der Waals surface area contributed by atoms with Gasteiger partial charge in [0.05, 0.1) is 11.9 Å². The fraction of sp³-hybridized carbons (Fsp3) is 0.364. The number of hydrogen-bond donors (Lipinski definition) is 1. The Labute approximate surface area is 98.1 Å². The average Bonchev–Trinajstić information content (AvgIpc) is 2.74. The molecule has 0 aromatic carbocycles. The van der Waals surface area contributed by atoms with Crippen LogP contribution in [0.25, 0.3) is 0 Å². The smallest absolute Gasteiger partial charge is 0.186 e. The maximum Gasteiger partial charge on any atom is 0.186 e. The van der Waals surface area contributed by atoms with Crippen molar-refractivity contribution in [3.05, 3.63) is 35.4 Å². The van der Waals surface area contributed by atoms with Gasteiger partial charge in [0.25, 0.3) is 0 Å². The molecular weight excluding hydrogens is 223 g/mol. The lowest BCUT2D eigenvalue weighted by molar-refractivity contribution is 0.396. The van der Waals surface area contributed by atoms with Gasteiger partial charge in [-0.15, -0.1) is 0 Å². The fourth-order valence-corrected chi connectivity index (χ4v) is 1.44. The van der Waals surface area contributed by atoms with Gasteiger partial charge in [0.2, 0.25) is 0 Å². The summed E-state index contributed by atoms with van der Waals surface area (Å²) in [6, 6.07) is 0. The number of nitrogens with one attached hydrogen (secondary N) is 1. The highest BCUT2D eigenvalue weighted by molar-refractivity contribution is 5.38. The molecule has 17 heavy (non-hydrogen) atoms. The second-order valence-corrected chi connectivity index (χ2v) is 3.60. The van der Waals surface area contributed by atoms with Crippen molar-refractivity contribution in [2.24, 2.45) is 0 Å². The Morgan fingerprint density at radius 1 is 1.41 bits per heavy atom. The van der Waals surface area contributed by atoms with Gasteiger partial charge in [0.1, 0.15) is 12.1 Å². The molecule has 0 fully saturated rings. The molecule has 2 aromatic rings. The van der Waals surface area contributed by atoms with Crippen molar-refractivity contribution in [2.45, 2.75) is 26.8 Å². The van der Waals surface area contributed by atoms with Crippen LogP contribution in [0.3, 0.4) is 0 Å². The SMILES string of the molecule is CCc1ncnc(NCc2cnoc2C)c1F. The van der Waals surface area contributed by atoms with Crippen molar-refractivity contribution in [1.29, 1.82) is 0 Å². The molecule has 0 radical (unpaired) electrons. The zero-order chi connectivity index (χ0) is 12.3. The number of aryl methyl sites for hydroxylation is 2. The molecule has 0 atom stereocenters. The van der Waals surface area contributed by atoms with E-state index in [-0.39, 0.29) is 5.82 Å². The second-order valence-electron chi connectivity index (χ2n) is 3.60. The molecule has 2 aromatic heterocycles. The quantitative estimate of drug-likeness (QED) is 0.880. The summed E-state index contributed by atoms with van der Waals surface area (Å²) < 4.78 is 18.7. The van der Waals surface area contributed by atoms with Gasteiger partial charge in [-0.25, -0.2) is 14.4 Å². The van der Waals surface area contributed by atoms with Crippen LogP contribution in [0.2, 0.25) is 0 Å². The van der Waals surface area contributed by atoms with E-state index >= 15 is 0 Å². The molecule has 0 aliphatic carbocycles. The minimum absolute atomic E-state index is 0.206. The van der Waals surface area contributed by atoms with Crippen LogP contribution in [-0.4, -0.2) is 15.1 Å². The summed E-state index contributed by atoms with van der Waals surface area (Å²) in [4.78, 5) is 7.73. The van der Waals surface area contributed by atoms with Crippen molar-refractivity contribution < 1.29 is 8.91 Å². The molecule has 2 heterocycles. The lowest BCUT2D eigenvalue weighted by Crippen LogP contribution is -2.06. The van der Waals surface area contributed by atoms with Crippen LogP contribution in [-0.2, 0) is 13.0 Å². The molecule has 0 saturated heterocycles. The predicted molar refractivity (Wildman–Crippen MR) is 59.9 cm³/mol. The summed E-state index contributed by atoms with van der Waals surface area (Å²) in [6.45, 7) is 4.07. The highest BCUT2D eigenvalue weighted by Gasteiger charge is 2.10. The third kappa shape index (κ3) is 2.41. The van der Waals surface area contributed by atoms with Crippen LogP contribution in [0.5, 0.6) is 0 Å². The van der Waals surface area contributed by atoms with Gasteiger partial charge >= 0.3 is 0 Å². The standard InChI is InChI=1S/C11H13FN4O/c1-3-9-10(12)11(15-6-14-9)13-4-8-5-16-17-7(8)2/h5-6H,3-4H2,1-2H3,(H,13,14,15). The van der Waals surface area contributed by atoms with E-state index in [2.05, 4.69) is 20.4 Å². The van der Waals surface area contributed by atoms with Crippen LogP contribution in [0.4, 0.5) is 10.2 Å². The highest BCUT2D eigenvalue weighted by Crippen LogP contribution is 2.15. The third-order valence-electron chi connectivity index (χ3n) is 2.49. The van der Waals surface area contributed by atoms with Crippen molar-refractivity contribution in [3.8, 4) is 0 Å². The van der Waals surface area contributed by atoms with Gasteiger partial charge in [-0.05, 0) is 13.3 Å². The minimum Gasteiger partial charge on any atom is -0.363 e. The molecule has 2 rings (SSSR count). The van der Waals surface area contributed by atoms with Gasteiger partial charge in [0.15, 0.2) is 11.6 Å². The molecule has 0 amide bonds. The first-order valence-electron chi connectivity index (χ1n) is 5.35. The van der Waals surface area contributed by atoms with E-state index in [4.69, 9.17) is 4.52 Å². The molecule has 0 bridgehead atoms. The van der Waals surface area contributed by atoms with E-state index in [0.717, 1.165) is 5.56 Å². The minimum atomic E-state index is -0.399. The van der Waals surface area contributed by atoms with Gasteiger partial charge < -0.3 is 9.84 Å². The Balaban J connectivity index is 2.12. The maximum absolute atomic E-state index is 13.8. The first-order valence-corrected chi connectivity index (χ1v) is 5.35. The first-order chi connectivity index (χ1) is 8.22. The van der Waals surface area contributed by atoms with E-state index in [0.29, 0.717) is 24.4 Å². The maximum atomic E-state index is 13.8. The third-order valence-corrected chi connectivity index (χ3v) is 2.49. The molecule has 0 aliphatic heterocycles. The highest BCUT2D eigenvalue weighted by atomic mass is 19.1. The van der Waals surface area contributed by atoms with Gasteiger partial charge in [-0.3, -0.25) is 0 Å². The summed E-state index contributed by atoms with van der Waals surface area (Å²) in [6.07, 6.45) is 3.49. The Morgan fingerprint density at radius 2 is 2.24 bits per heavy atom. The largest absolute Gasteiger partial charge is 0.363 e. The molecule has 0 aliphatic rings. The molecule has 0 saturated carbocycles. The normalized spacial score (nSPS) is 10.5. The van der Waals surface area contributed by atoms with E-state index in [1.54, 1.807) is 13.1 Å². The Morgan fingerprint density at radius 3 is 2.88 bits per heavy atom. The van der Waals surface area contributed by atoms with Crippen LogP contribution in [0, 0.1) is 12.7 Å². The van der Waals surface area contributed by atoms with Gasteiger partial charge in [-0.2, -0.15) is 0 Å². The van der Waals surface area contributed by atoms with Gasteiger partial charge in [-0.1, -0.05) is 12.1 Å². The molecule has 1 N–H and O–H groups in total. The zero-order valence-corrected chi connectivity index (χ0v) is 9.70. The first kappa shape index (κ1) is 11.5. The molecular formula is C11H13FN4O. The lowest BCUT2D eigenvalue weighted by atomic mass is 10.2. The fourth-order valence-electron chi connectivity index (χ4n) is 1.44. The summed E-state index contributed by atoms with van der Waals surface area (Å²) >= 11 is 0. The van der Waals surface area contributed by atoms with Crippen LogP contribution < -0.4 is 5.32 Å². The number of nitrogens with zero attached hydrogens (tertiary/aromatic N) is 3. The summed E-state index contributed by atoms with van der Waals surface area (Å²) in [7, 11) is 0. The summed E-state index contributed by atoms with van der Waals surface area (Å²) in [5, 5.41) is 6.55. The lowest BCUT2D eigenvalue weighted by Gasteiger charge is -2.07. The number of hydrogen-bond acceptors (Lipinski definition) is 5. The van der Waals surface area contributed by atoms with Crippen LogP contribution in [0.1, 0.15) is 23.9 Å². The van der Waals surface area contributed by atoms with E-state index < -0.39 is 5.82 Å². The van der Waals surface area contributed by atoms with Crippen molar-refractivity contribution in [2.75, 3.05) is 5.32 Å². The predicted octanol–water partition coefficient (Wildman–Crippen LogP) is 2.09. The monoisotopic (exact) mass is 236 g/mol. The number of aromatic nitrogens is 3. The van der Waals surface area contributed by atoms with E-state index in [9.17, 15) is 4.39 Å². The topological polar surface area (TPSA) is 63.8 Å². The summed E-state index contributed by atoms with van der Waals surface area (Å²) in [5.41, 5.74) is 1.28. The number of rotatable bonds is 4. The molecule has 0 unspecified atom stereocenters. The molecule has 6 heteroatoms. The van der Waals surface area contributed by atoms with Crippen LogP contribution in [0.15, 0.2) is 17.0 Å². The zero-order valence-electron chi connectivity index (χ0n) is 9.70. The molecule has 90 valence electrons. The van der Waals surface area contributed by atoms with Gasteiger partial charge in [0, 0.05) is 12.1 Å². The Hall–Kier alpha value is -1.98. The average molecular weight is 236 g/mol.